The second-order valence-electron chi connectivity index (χ2n) is 6.14. The maximum Gasteiger partial charge on any atom is 0.356 e. The molecule has 132 valence electrons. The van der Waals surface area contributed by atoms with Crippen LogP contribution in [0.4, 0.5) is 5.95 Å². The normalized spacial score (nSPS) is 16.2. The van der Waals surface area contributed by atoms with Gasteiger partial charge in [0.25, 0.3) is 0 Å². The van der Waals surface area contributed by atoms with E-state index in [1.54, 1.807) is 12.3 Å². The van der Waals surface area contributed by atoms with E-state index in [1.165, 1.54) is 7.11 Å². The molecule has 8 heteroatoms. The molecule has 3 aromatic rings. The van der Waals surface area contributed by atoms with Crippen molar-refractivity contribution in [2.75, 3.05) is 18.6 Å². The molecule has 0 saturated carbocycles. The van der Waals surface area contributed by atoms with Crippen molar-refractivity contribution in [2.24, 2.45) is 0 Å². The van der Waals surface area contributed by atoms with Gasteiger partial charge in [-0.05, 0) is 13.0 Å². The highest BCUT2D eigenvalue weighted by Crippen LogP contribution is 2.28. The average molecular weight is 350 g/mol. The molecule has 1 atom stereocenters. The van der Waals surface area contributed by atoms with Crippen molar-refractivity contribution < 1.29 is 9.53 Å². The van der Waals surface area contributed by atoms with E-state index in [2.05, 4.69) is 31.7 Å². The molecule has 2 aromatic heterocycles. The molecule has 1 aromatic carbocycles. The van der Waals surface area contributed by atoms with E-state index in [-0.39, 0.29) is 11.7 Å². The Kier molecular flexibility index (Phi) is 4.08. The van der Waals surface area contributed by atoms with Crippen LogP contribution in [-0.4, -0.2) is 44.4 Å². The topological polar surface area (TPSA) is 86.0 Å². The Balaban J connectivity index is 1.66. The number of anilines is 1. The van der Waals surface area contributed by atoms with E-state index in [4.69, 9.17) is 4.74 Å². The lowest BCUT2D eigenvalue weighted by atomic mass is 10.1. The van der Waals surface area contributed by atoms with Crippen LogP contribution in [0.25, 0.3) is 11.4 Å². The summed E-state index contributed by atoms with van der Waals surface area (Å²) in [5.74, 6) is 1.70. The first kappa shape index (κ1) is 16.2. The van der Waals surface area contributed by atoms with Gasteiger partial charge in [0, 0.05) is 18.3 Å². The lowest BCUT2D eigenvalue weighted by molar-refractivity contribution is 0.0594. The Morgan fingerprint density at radius 2 is 2.00 bits per heavy atom. The molecule has 0 saturated heterocycles. The predicted molar refractivity (Wildman–Crippen MR) is 94.6 cm³/mol. The molecule has 0 amide bonds. The zero-order chi connectivity index (χ0) is 18.1. The van der Waals surface area contributed by atoms with Gasteiger partial charge in [-0.2, -0.15) is 0 Å². The van der Waals surface area contributed by atoms with Gasteiger partial charge in [-0.25, -0.2) is 14.8 Å². The zero-order valence-electron chi connectivity index (χ0n) is 14.5. The summed E-state index contributed by atoms with van der Waals surface area (Å²) < 4.78 is 6.88. The number of carbonyl (C=O) groups is 1. The summed E-state index contributed by atoms with van der Waals surface area (Å²) in [4.78, 5) is 22.3. The van der Waals surface area contributed by atoms with Crippen molar-refractivity contribution >= 4 is 11.9 Å². The number of methoxy groups -OCH3 is 1. The Morgan fingerprint density at radius 1 is 1.19 bits per heavy atom. The molecule has 0 unspecified atom stereocenters. The number of hydrogen-bond donors (Lipinski definition) is 0. The van der Waals surface area contributed by atoms with Crippen LogP contribution in [0.1, 0.15) is 29.3 Å². The van der Waals surface area contributed by atoms with Crippen LogP contribution in [0.15, 0.2) is 42.6 Å². The minimum atomic E-state index is -0.478. The van der Waals surface area contributed by atoms with E-state index in [0.29, 0.717) is 19.0 Å². The molecule has 1 aliphatic rings. The molecule has 0 N–H and O–H groups in total. The second kappa shape index (κ2) is 6.55. The monoisotopic (exact) mass is 350 g/mol. The van der Waals surface area contributed by atoms with Crippen molar-refractivity contribution in [2.45, 2.75) is 19.5 Å². The number of esters is 1. The van der Waals surface area contributed by atoms with Crippen molar-refractivity contribution in [3.63, 3.8) is 0 Å². The van der Waals surface area contributed by atoms with E-state index < -0.39 is 5.97 Å². The number of fused-ring (bicyclic) bond motifs is 1. The summed E-state index contributed by atoms with van der Waals surface area (Å²) in [6.45, 7) is 3.32. The van der Waals surface area contributed by atoms with Crippen LogP contribution in [0.3, 0.4) is 0 Å². The summed E-state index contributed by atoms with van der Waals surface area (Å²) in [6, 6.07) is 11.7. The average Bonchev–Trinajstić information content (AvgIpc) is 3.13. The number of benzene rings is 1. The Morgan fingerprint density at radius 3 is 2.77 bits per heavy atom. The number of aromatic nitrogens is 5. The third-order valence-electron chi connectivity index (χ3n) is 4.38. The third kappa shape index (κ3) is 2.79. The second-order valence-corrected chi connectivity index (χ2v) is 6.14. The van der Waals surface area contributed by atoms with Crippen molar-refractivity contribution in [1.29, 1.82) is 0 Å². The van der Waals surface area contributed by atoms with E-state index >= 15 is 0 Å². The first-order valence-electron chi connectivity index (χ1n) is 8.33. The van der Waals surface area contributed by atoms with Gasteiger partial charge in [0.1, 0.15) is 0 Å². The summed E-state index contributed by atoms with van der Waals surface area (Å²) >= 11 is 0. The van der Waals surface area contributed by atoms with Crippen LogP contribution in [0.5, 0.6) is 0 Å². The van der Waals surface area contributed by atoms with Gasteiger partial charge in [0.2, 0.25) is 5.95 Å². The Labute approximate surface area is 150 Å². The van der Waals surface area contributed by atoms with Crippen LogP contribution < -0.4 is 4.90 Å². The van der Waals surface area contributed by atoms with Gasteiger partial charge in [-0.1, -0.05) is 30.3 Å². The van der Waals surface area contributed by atoms with Crippen molar-refractivity contribution in [1.82, 2.24) is 24.7 Å². The standard InChI is InChI=1S/C18H18N6O2/c1-12-10-23(18-19-9-8-14(20-18)17(25)26-2)11-15-21-22-16(24(12)15)13-6-4-3-5-7-13/h3-9,12H,10-11H2,1-2H3/t12-/m0/s1. The van der Waals surface area contributed by atoms with E-state index in [9.17, 15) is 4.79 Å². The number of hydrogen-bond acceptors (Lipinski definition) is 7. The van der Waals surface area contributed by atoms with Crippen molar-refractivity contribution in [3.05, 3.63) is 54.1 Å². The first-order chi connectivity index (χ1) is 12.7. The first-order valence-corrected chi connectivity index (χ1v) is 8.33. The summed E-state index contributed by atoms with van der Waals surface area (Å²) in [7, 11) is 1.33. The van der Waals surface area contributed by atoms with Gasteiger partial charge in [0.15, 0.2) is 17.3 Å². The predicted octanol–water partition coefficient (Wildman–Crippen LogP) is 2.10. The number of carbonyl (C=O) groups excluding carboxylic acids is 1. The highest BCUT2D eigenvalue weighted by atomic mass is 16.5. The highest BCUT2D eigenvalue weighted by molar-refractivity contribution is 5.87. The highest BCUT2D eigenvalue weighted by Gasteiger charge is 2.28. The van der Waals surface area contributed by atoms with Gasteiger partial charge in [0.05, 0.1) is 19.7 Å². The van der Waals surface area contributed by atoms with Crippen LogP contribution >= 0.6 is 0 Å². The Bertz CT molecular complexity index is 940. The zero-order valence-corrected chi connectivity index (χ0v) is 14.5. The van der Waals surface area contributed by atoms with Crippen molar-refractivity contribution in [3.8, 4) is 11.4 Å². The minimum Gasteiger partial charge on any atom is -0.464 e. The molecule has 0 aliphatic carbocycles. The van der Waals surface area contributed by atoms with E-state index in [0.717, 1.165) is 17.2 Å². The molecule has 4 rings (SSSR count). The minimum absolute atomic E-state index is 0.134. The molecule has 0 spiro atoms. The van der Waals surface area contributed by atoms with Crippen LogP contribution in [0.2, 0.25) is 0 Å². The summed E-state index contributed by atoms with van der Waals surface area (Å²) in [5.41, 5.74) is 1.28. The molecule has 0 fully saturated rings. The molecular formula is C18H18N6O2. The number of ether oxygens (including phenoxy) is 1. The third-order valence-corrected chi connectivity index (χ3v) is 4.38. The lowest BCUT2D eigenvalue weighted by Crippen LogP contribution is -2.37. The van der Waals surface area contributed by atoms with Gasteiger partial charge in [-0.15, -0.1) is 10.2 Å². The fourth-order valence-corrected chi connectivity index (χ4v) is 3.19. The fraction of sp³-hybridized carbons (Fsp3) is 0.278. The molecule has 8 nitrogen and oxygen atoms in total. The molecule has 0 bridgehead atoms. The molecule has 26 heavy (non-hydrogen) atoms. The van der Waals surface area contributed by atoms with Crippen LogP contribution in [-0.2, 0) is 11.3 Å². The number of rotatable bonds is 3. The SMILES string of the molecule is COC(=O)c1ccnc(N2Cc3nnc(-c4ccccc4)n3[C@@H](C)C2)n1. The lowest BCUT2D eigenvalue weighted by Gasteiger charge is -2.32. The maximum absolute atomic E-state index is 11.7. The molecule has 1 aliphatic heterocycles. The molecule has 3 heterocycles. The largest absolute Gasteiger partial charge is 0.464 e. The van der Waals surface area contributed by atoms with E-state index in [1.807, 2.05) is 35.2 Å². The van der Waals surface area contributed by atoms with Gasteiger partial charge in [-0.3, -0.25) is 0 Å². The maximum atomic E-state index is 11.7. The number of nitrogens with zero attached hydrogens (tertiary/aromatic N) is 6. The quantitative estimate of drug-likeness (QED) is 0.669. The summed E-state index contributed by atoms with van der Waals surface area (Å²) in [6.07, 6.45) is 1.56. The summed E-state index contributed by atoms with van der Waals surface area (Å²) in [5, 5.41) is 8.73. The van der Waals surface area contributed by atoms with Crippen LogP contribution in [0, 0.1) is 0 Å². The fourth-order valence-electron chi connectivity index (χ4n) is 3.19. The molecular weight excluding hydrogens is 332 g/mol. The molecule has 0 radical (unpaired) electrons. The Hall–Kier alpha value is -3.29. The van der Waals surface area contributed by atoms with Gasteiger partial charge < -0.3 is 14.2 Å². The smallest absolute Gasteiger partial charge is 0.356 e. The van der Waals surface area contributed by atoms with Gasteiger partial charge >= 0.3 is 5.97 Å².